The van der Waals surface area contributed by atoms with Crippen LogP contribution in [0.25, 0.3) is 0 Å². The van der Waals surface area contributed by atoms with Gasteiger partial charge in [-0.3, -0.25) is 18.5 Å². The third-order valence-electron chi connectivity index (χ3n) is 6.45. The van der Waals surface area contributed by atoms with Gasteiger partial charge < -0.3 is 28.2 Å². The molecule has 1 fully saturated rings. The summed E-state index contributed by atoms with van der Waals surface area (Å²) in [6.07, 6.45) is 3.42. The highest BCUT2D eigenvalue weighted by molar-refractivity contribution is 7.90. The number of pyridine rings is 1. The summed E-state index contributed by atoms with van der Waals surface area (Å²) in [5, 5.41) is 11.0. The van der Waals surface area contributed by atoms with Crippen LogP contribution in [0.3, 0.4) is 0 Å². The van der Waals surface area contributed by atoms with Crippen molar-refractivity contribution in [1.29, 1.82) is 0 Å². The van der Waals surface area contributed by atoms with Gasteiger partial charge in [0.25, 0.3) is 5.91 Å². The summed E-state index contributed by atoms with van der Waals surface area (Å²) in [7, 11) is -9.90. The molecule has 1 aliphatic rings. The van der Waals surface area contributed by atoms with E-state index in [0.717, 1.165) is 17.6 Å². The van der Waals surface area contributed by atoms with Gasteiger partial charge in [-0.25, -0.2) is 13.4 Å². The smallest absolute Gasteiger partial charge is 0.336 e. The van der Waals surface area contributed by atoms with Crippen LogP contribution in [-0.2, 0) is 45.4 Å². The van der Waals surface area contributed by atoms with Crippen LogP contribution in [-0.4, -0.2) is 74.5 Å². The number of ether oxygens (including phenoxy) is 2. The van der Waals surface area contributed by atoms with E-state index in [-0.39, 0.29) is 58.2 Å². The van der Waals surface area contributed by atoms with Crippen LogP contribution < -0.4 is 14.3 Å². The second kappa shape index (κ2) is 15.5. The molecule has 1 atom stereocenters. The van der Waals surface area contributed by atoms with Gasteiger partial charge in [0.1, 0.15) is 30.1 Å². The maximum Gasteiger partial charge on any atom is 0.336 e. The Labute approximate surface area is 271 Å². The highest BCUT2D eigenvalue weighted by Crippen LogP contribution is 2.53. The molecular weight excluding hydrogens is 680 g/mol. The normalized spacial score (nSPS) is 16.2. The topological polar surface area (TPSA) is 182 Å². The molecule has 0 spiro atoms. The standard InChI is InChI=1S/C28H37N3O11P2S2/c1-5-22(9-10-32)41-24-13-20(14-25(15-24)42-23-7-8-26(29-16-23)46(4,36)37)27(33)30-28-31(19-40-43(2,3)34)21(18-45-28)17-44(35)38-11-6-12-39-44/h7-8,13-16,18,22,32H,5-6,9-12,17,19H2,1-4H3/t22-/m0/s1. The number of benzene rings is 1. The summed E-state index contributed by atoms with van der Waals surface area (Å²) in [5.74, 6) is 0.00849. The number of rotatable bonds is 14. The van der Waals surface area contributed by atoms with Crippen molar-refractivity contribution in [3.63, 3.8) is 0 Å². The van der Waals surface area contributed by atoms with Crippen molar-refractivity contribution in [2.75, 3.05) is 39.4 Å². The average molecular weight is 718 g/mol. The average Bonchev–Trinajstić information content (AvgIpc) is 3.35. The number of sulfone groups is 1. The minimum Gasteiger partial charge on any atom is -0.490 e. The molecule has 18 heteroatoms. The van der Waals surface area contributed by atoms with Crippen LogP contribution >= 0.6 is 26.3 Å². The minimum absolute atomic E-state index is 0.0922. The third-order valence-corrected chi connectivity index (χ3v) is 11.0. The predicted octanol–water partition coefficient (Wildman–Crippen LogP) is 5.06. The lowest BCUT2D eigenvalue weighted by Gasteiger charge is -2.23. The molecule has 1 N–H and O–H groups in total. The van der Waals surface area contributed by atoms with Crippen molar-refractivity contribution < 1.29 is 50.5 Å². The molecule has 0 unspecified atom stereocenters. The molecule has 1 saturated heterocycles. The molecule has 0 radical (unpaired) electrons. The summed E-state index contributed by atoms with van der Waals surface area (Å²) in [4.78, 5) is 22.0. The molecule has 0 saturated carbocycles. The van der Waals surface area contributed by atoms with Crippen molar-refractivity contribution >= 4 is 42.0 Å². The van der Waals surface area contributed by atoms with E-state index in [2.05, 4.69) is 9.98 Å². The zero-order chi connectivity index (χ0) is 33.5. The monoisotopic (exact) mass is 717 g/mol. The number of aliphatic hydroxyl groups is 1. The fourth-order valence-corrected chi connectivity index (χ4v) is 7.84. The SMILES string of the molecule is CC[C@@H](CCO)Oc1cc(Oc2ccc(S(C)(=O)=O)nc2)cc(C(=O)N=c2scc(CP3(=O)OCCCO3)n2COP(C)(C)=O)c1. The number of carbonyl (C=O) groups excluding carboxylic acids is 1. The number of aromatic nitrogens is 2. The largest absolute Gasteiger partial charge is 0.490 e. The van der Waals surface area contributed by atoms with Crippen LogP contribution in [0.5, 0.6) is 17.2 Å². The molecular formula is C28H37N3O11P2S2. The van der Waals surface area contributed by atoms with Gasteiger partial charge in [0.2, 0.25) is 0 Å². The van der Waals surface area contributed by atoms with Gasteiger partial charge in [-0.05, 0) is 37.1 Å². The summed E-state index contributed by atoms with van der Waals surface area (Å²) in [6, 6.07) is 7.23. The first-order valence-corrected chi connectivity index (χ1v) is 21.3. The molecule has 252 valence electrons. The lowest BCUT2D eigenvalue weighted by atomic mass is 10.1. The fraction of sp³-hybridized carbons (Fsp3) is 0.464. The predicted molar refractivity (Wildman–Crippen MR) is 171 cm³/mol. The Hall–Kier alpha value is -2.68. The number of hydrogen-bond donors (Lipinski definition) is 1. The first kappa shape index (κ1) is 36.2. The maximum atomic E-state index is 13.6. The molecule has 2 aromatic heterocycles. The number of carbonyl (C=O) groups is 1. The molecule has 14 nitrogen and oxygen atoms in total. The van der Waals surface area contributed by atoms with Gasteiger partial charge in [-0.15, -0.1) is 11.3 Å². The van der Waals surface area contributed by atoms with Crippen LogP contribution in [0, 0.1) is 0 Å². The van der Waals surface area contributed by atoms with Crippen LogP contribution in [0.4, 0.5) is 0 Å². The molecule has 1 amide bonds. The molecule has 3 aromatic rings. The highest BCUT2D eigenvalue weighted by Gasteiger charge is 2.30. The first-order valence-electron chi connectivity index (χ1n) is 14.3. The first-order chi connectivity index (χ1) is 21.7. The van der Waals surface area contributed by atoms with Gasteiger partial charge in [-0.2, -0.15) is 4.99 Å². The van der Waals surface area contributed by atoms with E-state index >= 15 is 0 Å². The summed E-state index contributed by atoms with van der Waals surface area (Å²) in [5.41, 5.74) is 0.564. The van der Waals surface area contributed by atoms with E-state index in [0.29, 0.717) is 38.2 Å². The minimum atomic E-state index is -3.51. The zero-order valence-electron chi connectivity index (χ0n) is 25.9. The molecule has 46 heavy (non-hydrogen) atoms. The summed E-state index contributed by atoms with van der Waals surface area (Å²) >= 11 is 1.10. The zero-order valence-corrected chi connectivity index (χ0v) is 29.3. The van der Waals surface area contributed by atoms with E-state index in [9.17, 15) is 27.4 Å². The molecule has 0 bridgehead atoms. The highest BCUT2D eigenvalue weighted by atomic mass is 32.2. The van der Waals surface area contributed by atoms with Crippen LogP contribution in [0.2, 0.25) is 0 Å². The number of aliphatic hydroxyl groups excluding tert-OH is 1. The summed E-state index contributed by atoms with van der Waals surface area (Å²) < 4.78 is 79.0. The second-order valence-electron chi connectivity index (χ2n) is 10.7. The van der Waals surface area contributed by atoms with Gasteiger partial charge in [0.15, 0.2) is 27.0 Å². The molecule has 4 rings (SSSR count). The fourth-order valence-electron chi connectivity index (χ4n) is 4.15. The van der Waals surface area contributed by atoms with Crippen molar-refractivity contribution in [2.24, 2.45) is 4.99 Å². The lowest BCUT2D eigenvalue weighted by molar-refractivity contribution is 0.0995. The Morgan fingerprint density at radius 1 is 1.20 bits per heavy atom. The molecule has 3 heterocycles. The lowest BCUT2D eigenvalue weighted by Crippen LogP contribution is -2.21. The maximum absolute atomic E-state index is 13.6. The molecule has 1 aliphatic heterocycles. The van der Waals surface area contributed by atoms with Gasteiger partial charge in [0.05, 0.1) is 25.6 Å². The Bertz CT molecular complexity index is 1790. The number of nitrogens with zero attached hydrogens (tertiary/aromatic N) is 3. The summed E-state index contributed by atoms with van der Waals surface area (Å²) in [6.45, 7) is 5.08. The van der Waals surface area contributed by atoms with E-state index in [1.807, 2.05) is 6.92 Å². The molecule has 0 aliphatic carbocycles. The Morgan fingerprint density at radius 2 is 1.91 bits per heavy atom. The van der Waals surface area contributed by atoms with Gasteiger partial charge >= 0.3 is 7.60 Å². The van der Waals surface area contributed by atoms with Crippen molar-refractivity contribution in [3.05, 3.63) is 58.0 Å². The second-order valence-corrected chi connectivity index (χ2v) is 18.3. The van der Waals surface area contributed by atoms with Crippen LogP contribution in [0.15, 0.2) is 51.9 Å². The van der Waals surface area contributed by atoms with Crippen molar-refractivity contribution in [3.8, 4) is 17.2 Å². The third kappa shape index (κ3) is 10.4. The number of thiazole rings is 1. The quantitative estimate of drug-likeness (QED) is 0.219. The number of amides is 1. The van der Waals surface area contributed by atoms with Crippen LogP contribution in [0.1, 0.15) is 42.2 Å². The van der Waals surface area contributed by atoms with Crippen molar-refractivity contribution in [1.82, 2.24) is 9.55 Å². The Morgan fingerprint density at radius 3 is 2.52 bits per heavy atom. The van der Waals surface area contributed by atoms with E-state index in [1.54, 1.807) is 11.4 Å². The van der Waals surface area contributed by atoms with E-state index in [1.165, 1.54) is 48.4 Å². The van der Waals surface area contributed by atoms with Crippen molar-refractivity contribution in [2.45, 2.75) is 50.2 Å². The van der Waals surface area contributed by atoms with E-state index in [4.69, 9.17) is 23.0 Å². The van der Waals surface area contributed by atoms with E-state index < -0.39 is 30.7 Å². The Balaban J connectivity index is 1.71. The number of hydrogen-bond acceptors (Lipinski definition) is 13. The van der Waals surface area contributed by atoms with Gasteiger partial charge in [-0.1, -0.05) is 6.92 Å². The molecule has 1 aromatic carbocycles. The Kier molecular flexibility index (Phi) is 12.2. The van der Waals surface area contributed by atoms with Gasteiger partial charge in [0, 0.05) is 55.3 Å².